The normalized spacial score (nSPS) is 20.5. The summed E-state index contributed by atoms with van der Waals surface area (Å²) in [5.41, 5.74) is -1.71. The molecule has 0 spiro atoms. The van der Waals surface area contributed by atoms with Gasteiger partial charge in [-0.3, -0.25) is 9.69 Å². The Morgan fingerprint density at radius 3 is 2.03 bits per heavy atom. The lowest BCUT2D eigenvalue weighted by Crippen LogP contribution is -2.45. The first-order valence-electron chi connectivity index (χ1n) is 9.67. The van der Waals surface area contributed by atoms with E-state index in [2.05, 4.69) is 22.1 Å². The van der Waals surface area contributed by atoms with E-state index in [0.29, 0.717) is 6.54 Å². The maximum Gasteiger partial charge on any atom is 0.262 e. The second-order valence-corrected chi connectivity index (χ2v) is 7.71. The van der Waals surface area contributed by atoms with Gasteiger partial charge in [0.15, 0.2) is 5.60 Å². The highest BCUT2D eigenvalue weighted by atomic mass is 19.1. The molecule has 150 valence electrons. The van der Waals surface area contributed by atoms with Crippen molar-refractivity contribution in [2.24, 2.45) is 11.8 Å². The number of halogens is 2. The molecule has 0 unspecified atom stereocenters. The van der Waals surface area contributed by atoms with Crippen LogP contribution in [0.1, 0.15) is 17.5 Å². The third kappa shape index (κ3) is 4.16. The highest BCUT2D eigenvalue weighted by molar-refractivity contribution is 5.90. The van der Waals surface area contributed by atoms with E-state index in [-0.39, 0.29) is 17.7 Å². The van der Waals surface area contributed by atoms with Crippen LogP contribution in [0.3, 0.4) is 0 Å². The highest BCUT2D eigenvalue weighted by Crippen LogP contribution is 2.44. The number of rotatable bonds is 5. The molecular weight excluding hydrogens is 374 g/mol. The third-order valence-electron chi connectivity index (χ3n) is 5.67. The molecule has 4 nitrogen and oxygen atoms in total. The molecule has 1 aliphatic carbocycles. The topological polar surface area (TPSA) is 52.6 Å². The van der Waals surface area contributed by atoms with Crippen LogP contribution in [0.4, 0.5) is 8.78 Å². The number of likely N-dealkylation sites (tertiary alicyclic amines) is 1. The van der Waals surface area contributed by atoms with Crippen LogP contribution in [0, 0.1) is 35.3 Å². The fourth-order valence-corrected chi connectivity index (χ4v) is 3.92. The molecule has 1 aliphatic heterocycles. The average Bonchev–Trinajstić information content (AvgIpc) is 3.33. The highest BCUT2D eigenvalue weighted by Gasteiger charge is 2.44. The number of benzene rings is 2. The zero-order valence-corrected chi connectivity index (χ0v) is 15.9. The van der Waals surface area contributed by atoms with E-state index in [4.69, 9.17) is 0 Å². The molecule has 6 heteroatoms. The first-order valence-corrected chi connectivity index (χ1v) is 9.67. The van der Waals surface area contributed by atoms with Gasteiger partial charge in [-0.1, -0.05) is 36.1 Å². The van der Waals surface area contributed by atoms with Gasteiger partial charge in [-0.2, -0.15) is 0 Å². The lowest BCUT2D eigenvalue weighted by Gasteiger charge is -2.27. The minimum atomic E-state index is -2.08. The van der Waals surface area contributed by atoms with Crippen LogP contribution in [-0.4, -0.2) is 42.1 Å². The van der Waals surface area contributed by atoms with Crippen LogP contribution in [0.2, 0.25) is 0 Å². The van der Waals surface area contributed by atoms with Crippen molar-refractivity contribution in [3.8, 4) is 11.8 Å². The Bertz CT molecular complexity index is 892. The first-order chi connectivity index (χ1) is 14.0. The maximum absolute atomic E-state index is 13.3. The van der Waals surface area contributed by atoms with E-state index in [1.54, 1.807) is 0 Å². The van der Waals surface area contributed by atoms with Crippen LogP contribution in [0.15, 0.2) is 48.5 Å². The summed E-state index contributed by atoms with van der Waals surface area (Å²) in [6.45, 7) is 2.94. The molecule has 2 aromatic carbocycles. The smallest absolute Gasteiger partial charge is 0.262 e. The van der Waals surface area contributed by atoms with Gasteiger partial charge in [0.2, 0.25) is 0 Å². The Morgan fingerprint density at radius 2 is 1.52 bits per heavy atom. The van der Waals surface area contributed by atoms with Gasteiger partial charge in [-0.05, 0) is 53.6 Å². The van der Waals surface area contributed by atoms with Crippen molar-refractivity contribution < 1.29 is 18.7 Å². The number of carbonyl (C=O) groups excluding carboxylic acids is 1. The van der Waals surface area contributed by atoms with Crippen molar-refractivity contribution >= 4 is 5.91 Å². The summed E-state index contributed by atoms with van der Waals surface area (Å²) >= 11 is 0. The van der Waals surface area contributed by atoms with E-state index in [1.165, 1.54) is 30.7 Å². The molecule has 1 saturated carbocycles. The lowest BCUT2D eigenvalue weighted by molar-refractivity contribution is -0.136. The van der Waals surface area contributed by atoms with Gasteiger partial charge in [0, 0.05) is 13.1 Å². The number of amides is 1. The predicted molar refractivity (Wildman–Crippen MR) is 105 cm³/mol. The predicted octanol–water partition coefficient (Wildman–Crippen LogP) is 2.27. The molecule has 1 saturated heterocycles. The average molecular weight is 396 g/mol. The molecule has 2 fully saturated rings. The molecule has 1 amide bonds. The maximum atomic E-state index is 13.3. The van der Waals surface area contributed by atoms with Gasteiger partial charge >= 0.3 is 0 Å². The van der Waals surface area contributed by atoms with Crippen molar-refractivity contribution in [3.05, 3.63) is 71.3 Å². The fourth-order valence-electron chi connectivity index (χ4n) is 3.92. The van der Waals surface area contributed by atoms with Gasteiger partial charge < -0.3 is 10.4 Å². The summed E-state index contributed by atoms with van der Waals surface area (Å²) < 4.78 is 26.6. The Balaban J connectivity index is 1.46. The number of nitrogens with zero attached hydrogens (tertiary/aromatic N) is 1. The number of aliphatic hydroxyl groups is 1. The summed E-state index contributed by atoms with van der Waals surface area (Å²) in [5.74, 6) is 5.98. The molecular formula is C23H22F2N2O2. The molecule has 2 N–H and O–H groups in total. The minimum absolute atomic E-state index is 0.0736. The first kappa shape index (κ1) is 19.6. The Labute approximate surface area is 168 Å². The number of nitrogens with one attached hydrogen (secondary N) is 1. The van der Waals surface area contributed by atoms with Crippen molar-refractivity contribution in [1.82, 2.24) is 10.2 Å². The molecule has 4 rings (SSSR count). The second kappa shape index (κ2) is 7.94. The zero-order chi connectivity index (χ0) is 20.4. The van der Waals surface area contributed by atoms with Crippen molar-refractivity contribution in [2.45, 2.75) is 12.0 Å². The fraction of sp³-hybridized carbons (Fsp3) is 0.348. The van der Waals surface area contributed by atoms with Crippen molar-refractivity contribution in [2.75, 3.05) is 26.2 Å². The number of carbonyl (C=O) groups is 1. The third-order valence-corrected chi connectivity index (χ3v) is 5.67. The molecule has 0 radical (unpaired) electrons. The molecule has 29 heavy (non-hydrogen) atoms. The summed E-state index contributed by atoms with van der Waals surface area (Å²) in [6.07, 6.45) is 1.34. The summed E-state index contributed by atoms with van der Waals surface area (Å²) in [6, 6.07) is 10.0. The van der Waals surface area contributed by atoms with Gasteiger partial charge in [0.1, 0.15) is 11.6 Å². The van der Waals surface area contributed by atoms with Gasteiger partial charge in [-0.25, -0.2) is 8.78 Å². The lowest BCUT2D eigenvalue weighted by atomic mass is 9.85. The van der Waals surface area contributed by atoms with Gasteiger partial charge in [-0.15, -0.1) is 0 Å². The van der Waals surface area contributed by atoms with Crippen LogP contribution in [-0.2, 0) is 10.4 Å². The Kier molecular flexibility index (Phi) is 5.35. The monoisotopic (exact) mass is 396 g/mol. The standard InChI is InChI=1S/C23H22F2N2O2/c24-20-7-3-18(4-8-20)23(29,19-5-9-21(25)10-6-19)22(28)26-11-1-2-12-27-14-16-13-17(16)15-27/h3-10,16-17,29H,11-15H2,(H,26,28)/t16-,17+. The molecule has 1 heterocycles. The zero-order valence-electron chi connectivity index (χ0n) is 15.9. The molecule has 0 aromatic heterocycles. The summed E-state index contributed by atoms with van der Waals surface area (Å²) in [5, 5.41) is 13.9. The number of hydrogen-bond donors (Lipinski definition) is 2. The van der Waals surface area contributed by atoms with Crippen LogP contribution < -0.4 is 5.32 Å². The number of piperidine rings is 1. The van der Waals surface area contributed by atoms with Crippen LogP contribution >= 0.6 is 0 Å². The largest absolute Gasteiger partial charge is 0.372 e. The van der Waals surface area contributed by atoms with Crippen molar-refractivity contribution in [3.63, 3.8) is 0 Å². The van der Waals surface area contributed by atoms with Gasteiger partial charge in [0.05, 0.1) is 13.1 Å². The summed E-state index contributed by atoms with van der Waals surface area (Å²) in [4.78, 5) is 15.2. The van der Waals surface area contributed by atoms with Gasteiger partial charge in [0.25, 0.3) is 5.91 Å². The van der Waals surface area contributed by atoms with E-state index in [0.717, 1.165) is 49.2 Å². The molecule has 2 aromatic rings. The minimum Gasteiger partial charge on any atom is -0.372 e. The summed E-state index contributed by atoms with van der Waals surface area (Å²) in [7, 11) is 0. The van der Waals surface area contributed by atoms with E-state index >= 15 is 0 Å². The van der Waals surface area contributed by atoms with E-state index in [9.17, 15) is 18.7 Å². The van der Waals surface area contributed by atoms with E-state index in [1.807, 2.05) is 0 Å². The van der Waals surface area contributed by atoms with E-state index < -0.39 is 23.1 Å². The molecule has 2 atom stereocenters. The second-order valence-electron chi connectivity index (χ2n) is 7.71. The van der Waals surface area contributed by atoms with Crippen molar-refractivity contribution in [1.29, 1.82) is 0 Å². The Morgan fingerprint density at radius 1 is 1.00 bits per heavy atom. The Hall–Kier alpha value is -2.75. The molecule has 0 bridgehead atoms. The number of hydrogen-bond acceptors (Lipinski definition) is 3. The quantitative estimate of drug-likeness (QED) is 0.763. The SMILES string of the molecule is O=C(NCC#CCN1C[C@H]2C[C@H]2C1)C(O)(c1ccc(F)cc1)c1ccc(F)cc1. The molecule has 2 aliphatic rings. The van der Waals surface area contributed by atoms with Crippen LogP contribution in [0.25, 0.3) is 0 Å². The van der Waals surface area contributed by atoms with Crippen LogP contribution in [0.5, 0.6) is 0 Å². The number of fused-ring (bicyclic) bond motifs is 1.